The van der Waals surface area contributed by atoms with Crippen molar-refractivity contribution in [2.24, 2.45) is 0 Å². The van der Waals surface area contributed by atoms with Gasteiger partial charge in [-0.15, -0.1) is 0 Å². The van der Waals surface area contributed by atoms with Crippen LogP contribution in [0.15, 0.2) is 24.3 Å². The van der Waals surface area contributed by atoms with Crippen LogP contribution < -0.4 is 4.89 Å². The monoisotopic (exact) mass is 870 g/mol. The molecule has 354 valence electrons. The highest BCUT2D eigenvalue weighted by atomic mass is 31.2. The van der Waals surface area contributed by atoms with Gasteiger partial charge in [-0.3, -0.25) is 14.2 Å². The van der Waals surface area contributed by atoms with Crippen LogP contribution in [0.25, 0.3) is 0 Å². The molecule has 9 nitrogen and oxygen atoms in total. The highest BCUT2D eigenvalue weighted by molar-refractivity contribution is 7.45. The molecule has 0 amide bonds. The lowest BCUT2D eigenvalue weighted by Gasteiger charge is -2.28. The number of ether oxygens (including phenoxy) is 2. The molecule has 0 saturated heterocycles. The molecule has 0 N–H and O–H groups in total. The zero-order valence-electron chi connectivity index (χ0n) is 39.9. The van der Waals surface area contributed by atoms with Gasteiger partial charge in [-0.25, -0.2) is 0 Å². The summed E-state index contributed by atoms with van der Waals surface area (Å²) < 4.78 is 34.0. The van der Waals surface area contributed by atoms with Crippen LogP contribution in [-0.2, 0) is 32.7 Å². The molecule has 0 aromatic rings. The molecular formula is C50H96NO8P. The number of carbonyl (C=O) groups is 2. The molecule has 10 heteroatoms. The third kappa shape index (κ3) is 46.0. The number of nitrogens with zero attached hydrogens (tertiary/aromatic N) is 1. The molecule has 0 aliphatic rings. The quantitative estimate of drug-likeness (QED) is 0.0195. The topological polar surface area (TPSA) is 111 Å². The average molecular weight is 870 g/mol. The second kappa shape index (κ2) is 42.8. The van der Waals surface area contributed by atoms with Crippen molar-refractivity contribution < 1.29 is 42.1 Å². The summed E-state index contributed by atoms with van der Waals surface area (Å²) in [5, 5.41) is 0. The number of phosphoric ester groups is 1. The van der Waals surface area contributed by atoms with Gasteiger partial charge in [0.2, 0.25) is 0 Å². The largest absolute Gasteiger partial charge is 0.756 e. The minimum atomic E-state index is -4.63. The summed E-state index contributed by atoms with van der Waals surface area (Å²) in [6, 6.07) is 0. The van der Waals surface area contributed by atoms with Crippen molar-refractivity contribution in [1.82, 2.24) is 0 Å². The molecule has 2 unspecified atom stereocenters. The Bertz CT molecular complexity index is 1070. The van der Waals surface area contributed by atoms with Crippen molar-refractivity contribution in [2.45, 2.75) is 238 Å². The maximum atomic E-state index is 12.7. The summed E-state index contributed by atoms with van der Waals surface area (Å²) in [6.07, 6.45) is 47.7. The SMILES string of the molecule is CCCCCC/C=C\C/C=C\CCCCCCCCCC(=O)OC(COC(=O)CCCCCCCCCCCCCCCCCCCC)COP(=O)([O-])OCC[N+](C)(C)C. The predicted octanol–water partition coefficient (Wildman–Crippen LogP) is 14.1. The van der Waals surface area contributed by atoms with Gasteiger partial charge >= 0.3 is 11.9 Å². The normalized spacial score (nSPS) is 13.6. The van der Waals surface area contributed by atoms with E-state index in [1.807, 2.05) is 21.1 Å². The number of esters is 2. The number of hydrogen-bond donors (Lipinski definition) is 0. The van der Waals surface area contributed by atoms with Gasteiger partial charge in [-0.1, -0.05) is 199 Å². The van der Waals surface area contributed by atoms with E-state index >= 15 is 0 Å². The fourth-order valence-electron chi connectivity index (χ4n) is 7.04. The summed E-state index contributed by atoms with van der Waals surface area (Å²) in [5.74, 6) is -0.832. The van der Waals surface area contributed by atoms with Gasteiger partial charge in [0.15, 0.2) is 6.10 Å². The Morgan fingerprint density at radius 1 is 0.517 bits per heavy atom. The maximum absolute atomic E-state index is 12.7. The fraction of sp³-hybridized carbons (Fsp3) is 0.880. The molecular weight excluding hydrogens is 774 g/mol. The molecule has 60 heavy (non-hydrogen) atoms. The van der Waals surface area contributed by atoms with Crippen molar-refractivity contribution >= 4 is 19.8 Å². The van der Waals surface area contributed by atoms with Crippen LogP contribution in [0.1, 0.15) is 232 Å². The molecule has 0 heterocycles. The van der Waals surface area contributed by atoms with Crippen LogP contribution in [0, 0.1) is 0 Å². The molecule has 2 atom stereocenters. The molecule has 0 aromatic heterocycles. The summed E-state index contributed by atoms with van der Waals surface area (Å²) in [7, 11) is 1.17. The predicted molar refractivity (Wildman–Crippen MR) is 250 cm³/mol. The van der Waals surface area contributed by atoms with Gasteiger partial charge in [-0.2, -0.15) is 0 Å². The highest BCUT2D eigenvalue weighted by Gasteiger charge is 2.21. The first-order valence-electron chi connectivity index (χ1n) is 25.0. The van der Waals surface area contributed by atoms with Crippen LogP contribution in [0.5, 0.6) is 0 Å². The lowest BCUT2D eigenvalue weighted by molar-refractivity contribution is -0.870. The Morgan fingerprint density at radius 2 is 0.900 bits per heavy atom. The zero-order valence-corrected chi connectivity index (χ0v) is 40.8. The molecule has 0 saturated carbocycles. The average Bonchev–Trinajstić information content (AvgIpc) is 3.20. The second-order valence-corrected chi connectivity index (χ2v) is 19.6. The van der Waals surface area contributed by atoms with E-state index in [1.54, 1.807) is 0 Å². The number of likely N-dealkylation sites (N-methyl/N-ethyl adjacent to an activating group) is 1. The first-order valence-corrected chi connectivity index (χ1v) is 26.5. The van der Waals surface area contributed by atoms with Gasteiger partial charge in [0.05, 0.1) is 27.7 Å². The Kier molecular flexibility index (Phi) is 41.7. The van der Waals surface area contributed by atoms with E-state index in [0.717, 1.165) is 51.4 Å². The van der Waals surface area contributed by atoms with Crippen molar-refractivity contribution in [3.05, 3.63) is 24.3 Å². The molecule has 0 aromatic carbocycles. The van der Waals surface area contributed by atoms with Crippen molar-refractivity contribution in [1.29, 1.82) is 0 Å². The minimum absolute atomic E-state index is 0.0304. The standard InChI is InChI=1S/C50H96NO8P/c1-6-8-10-12-14-16-18-20-22-24-26-28-30-32-34-36-38-40-42-49(52)56-46-48(47-58-60(54,55)57-45-44-51(3,4)5)59-50(53)43-41-39-37-35-33-31-29-27-25-23-21-19-17-15-13-11-9-7-2/h17,19,23,25,48H,6-16,18,20-22,24,26-47H2,1-5H3/b19-17-,25-23-. The number of carbonyl (C=O) groups excluding carboxylic acids is 2. The van der Waals surface area contributed by atoms with Crippen molar-refractivity contribution in [2.75, 3.05) is 47.5 Å². The number of unbranched alkanes of at least 4 members (excludes halogenated alkanes) is 28. The lowest BCUT2D eigenvalue weighted by atomic mass is 10.0. The van der Waals surface area contributed by atoms with E-state index in [4.69, 9.17) is 18.5 Å². The third-order valence-corrected chi connectivity index (χ3v) is 11.9. The second-order valence-electron chi connectivity index (χ2n) is 18.2. The third-order valence-electron chi connectivity index (χ3n) is 11.0. The van der Waals surface area contributed by atoms with Crippen molar-refractivity contribution in [3.63, 3.8) is 0 Å². The number of rotatable bonds is 46. The maximum Gasteiger partial charge on any atom is 0.306 e. The van der Waals surface area contributed by atoms with Gasteiger partial charge < -0.3 is 27.9 Å². The van der Waals surface area contributed by atoms with Crippen molar-refractivity contribution in [3.8, 4) is 0 Å². The minimum Gasteiger partial charge on any atom is -0.756 e. The molecule has 0 bridgehead atoms. The van der Waals surface area contributed by atoms with Gasteiger partial charge in [0.25, 0.3) is 7.82 Å². The Labute approximate surface area is 370 Å². The molecule has 0 radical (unpaired) electrons. The fourth-order valence-corrected chi connectivity index (χ4v) is 7.77. The highest BCUT2D eigenvalue weighted by Crippen LogP contribution is 2.38. The number of quaternary nitrogens is 1. The summed E-state index contributed by atoms with van der Waals surface area (Å²) in [5.41, 5.74) is 0. The van der Waals surface area contributed by atoms with Crippen LogP contribution in [0.2, 0.25) is 0 Å². The molecule has 0 aliphatic heterocycles. The van der Waals surface area contributed by atoms with E-state index in [0.29, 0.717) is 17.4 Å². The van der Waals surface area contributed by atoms with E-state index in [2.05, 4.69) is 38.2 Å². The summed E-state index contributed by atoms with van der Waals surface area (Å²) in [6.45, 7) is 4.24. The van der Waals surface area contributed by atoms with Gasteiger partial charge in [-0.05, 0) is 44.9 Å². The summed E-state index contributed by atoms with van der Waals surface area (Å²) >= 11 is 0. The summed E-state index contributed by atoms with van der Waals surface area (Å²) in [4.78, 5) is 37.7. The van der Waals surface area contributed by atoms with E-state index in [-0.39, 0.29) is 32.0 Å². The Hall–Kier alpha value is -1.51. The molecule has 0 spiro atoms. The Balaban J connectivity index is 4.26. The molecule has 0 fully saturated rings. The first kappa shape index (κ1) is 58.5. The van der Waals surface area contributed by atoms with E-state index in [9.17, 15) is 19.0 Å². The van der Waals surface area contributed by atoms with E-state index < -0.39 is 26.5 Å². The van der Waals surface area contributed by atoms with Gasteiger partial charge in [0, 0.05) is 12.8 Å². The smallest absolute Gasteiger partial charge is 0.306 e. The Morgan fingerprint density at radius 3 is 1.33 bits per heavy atom. The first-order chi connectivity index (χ1) is 29.0. The number of allylic oxidation sites excluding steroid dienone is 4. The van der Waals surface area contributed by atoms with E-state index in [1.165, 1.54) is 148 Å². The van der Waals surface area contributed by atoms with Crippen LogP contribution in [0.4, 0.5) is 0 Å². The molecule has 0 rings (SSSR count). The zero-order chi connectivity index (χ0) is 44.3. The number of phosphoric acid groups is 1. The van der Waals surface area contributed by atoms with Crippen LogP contribution in [-0.4, -0.2) is 70.0 Å². The van der Waals surface area contributed by atoms with Crippen LogP contribution in [0.3, 0.4) is 0 Å². The van der Waals surface area contributed by atoms with Crippen LogP contribution >= 0.6 is 7.82 Å². The molecule has 0 aliphatic carbocycles. The van der Waals surface area contributed by atoms with Gasteiger partial charge in [0.1, 0.15) is 19.8 Å². The number of hydrogen-bond acceptors (Lipinski definition) is 8. The lowest BCUT2D eigenvalue weighted by Crippen LogP contribution is -2.37.